The Morgan fingerprint density at radius 3 is 2.88 bits per heavy atom. The van der Waals surface area contributed by atoms with Crippen molar-refractivity contribution in [3.8, 4) is 0 Å². The van der Waals surface area contributed by atoms with E-state index >= 15 is 0 Å². The molecule has 0 fully saturated rings. The first-order chi connectivity index (χ1) is 8.22. The molecule has 90 valence electrons. The molecule has 1 aromatic heterocycles. The van der Waals surface area contributed by atoms with Gasteiger partial charge >= 0.3 is 0 Å². The number of nitrogens with one attached hydrogen (secondary N) is 1. The third-order valence-electron chi connectivity index (χ3n) is 2.75. The highest BCUT2D eigenvalue weighted by molar-refractivity contribution is 9.10. The van der Waals surface area contributed by atoms with Crippen molar-refractivity contribution >= 4 is 27.3 Å². The van der Waals surface area contributed by atoms with Crippen LogP contribution in [0.3, 0.4) is 0 Å². The number of rotatable bonds is 4. The van der Waals surface area contributed by atoms with Gasteiger partial charge < -0.3 is 5.32 Å². The monoisotopic (exact) mass is 313 g/mol. The van der Waals surface area contributed by atoms with Gasteiger partial charge in [0.1, 0.15) is 5.82 Å². The molecule has 1 aromatic carbocycles. The summed E-state index contributed by atoms with van der Waals surface area (Å²) < 4.78 is 14.0. The number of benzene rings is 1. The number of thiophene rings is 1. The van der Waals surface area contributed by atoms with E-state index in [-0.39, 0.29) is 11.9 Å². The molecule has 2 rings (SSSR count). The van der Waals surface area contributed by atoms with Gasteiger partial charge in [-0.1, -0.05) is 12.1 Å². The second kappa shape index (κ2) is 5.76. The van der Waals surface area contributed by atoms with Crippen molar-refractivity contribution in [1.29, 1.82) is 0 Å². The van der Waals surface area contributed by atoms with E-state index in [1.165, 1.54) is 11.6 Å². The molecule has 0 aliphatic heterocycles. The van der Waals surface area contributed by atoms with E-state index in [1.54, 1.807) is 17.4 Å². The third kappa shape index (κ3) is 2.94. The summed E-state index contributed by atoms with van der Waals surface area (Å²) in [6.45, 7) is 0. The Bertz CT molecular complexity index is 484. The summed E-state index contributed by atoms with van der Waals surface area (Å²) in [7, 11) is 1.93. The predicted octanol–water partition coefficient (Wildman–Crippen LogP) is 4.15. The summed E-state index contributed by atoms with van der Waals surface area (Å²) in [5.41, 5.74) is 2.23. The minimum Gasteiger partial charge on any atom is -0.313 e. The average Bonchev–Trinajstić information content (AvgIpc) is 2.85. The Morgan fingerprint density at radius 1 is 1.41 bits per heavy atom. The molecule has 0 radical (unpaired) electrons. The molecule has 1 unspecified atom stereocenters. The molecular weight excluding hydrogens is 301 g/mol. The lowest BCUT2D eigenvalue weighted by Gasteiger charge is -2.16. The Hall–Kier alpha value is -0.710. The quantitative estimate of drug-likeness (QED) is 0.894. The minimum absolute atomic E-state index is 0.206. The molecule has 0 aliphatic carbocycles. The average molecular weight is 314 g/mol. The van der Waals surface area contributed by atoms with Gasteiger partial charge in [-0.2, -0.15) is 11.3 Å². The molecule has 0 aliphatic rings. The van der Waals surface area contributed by atoms with Crippen molar-refractivity contribution in [2.75, 3.05) is 7.05 Å². The van der Waals surface area contributed by atoms with E-state index < -0.39 is 0 Å². The molecule has 0 saturated heterocycles. The van der Waals surface area contributed by atoms with Crippen molar-refractivity contribution in [3.63, 3.8) is 0 Å². The molecule has 1 N–H and O–H groups in total. The molecular formula is C13H13BrFNS. The first kappa shape index (κ1) is 12.7. The highest BCUT2D eigenvalue weighted by atomic mass is 79.9. The van der Waals surface area contributed by atoms with Crippen LogP contribution < -0.4 is 5.32 Å². The summed E-state index contributed by atoms with van der Waals surface area (Å²) in [5.74, 6) is -0.206. The Labute approximate surface area is 113 Å². The number of likely N-dealkylation sites (N-methyl/N-ethyl adjacent to an activating group) is 1. The second-order valence-corrected chi connectivity index (χ2v) is 5.39. The fraction of sp³-hybridized carbons (Fsp3) is 0.231. The van der Waals surface area contributed by atoms with Crippen LogP contribution in [0.5, 0.6) is 0 Å². The van der Waals surface area contributed by atoms with Gasteiger partial charge in [-0.25, -0.2) is 4.39 Å². The van der Waals surface area contributed by atoms with Crippen molar-refractivity contribution in [2.45, 2.75) is 12.5 Å². The first-order valence-corrected chi connectivity index (χ1v) is 7.08. The number of hydrogen-bond acceptors (Lipinski definition) is 2. The normalized spacial score (nSPS) is 12.6. The largest absolute Gasteiger partial charge is 0.313 e. The van der Waals surface area contributed by atoms with Crippen molar-refractivity contribution in [1.82, 2.24) is 5.32 Å². The zero-order valence-electron chi connectivity index (χ0n) is 9.41. The minimum atomic E-state index is -0.206. The summed E-state index contributed by atoms with van der Waals surface area (Å²) >= 11 is 4.98. The van der Waals surface area contributed by atoms with Crippen molar-refractivity contribution < 1.29 is 4.39 Å². The van der Waals surface area contributed by atoms with Crippen LogP contribution >= 0.6 is 27.3 Å². The van der Waals surface area contributed by atoms with Gasteiger partial charge in [0.05, 0.1) is 4.47 Å². The van der Waals surface area contributed by atoms with Crippen LogP contribution in [0.4, 0.5) is 4.39 Å². The van der Waals surface area contributed by atoms with E-state index in [9.17, 15) is 4.39 Å². The van der Waals surface area contributed by atoms with Crippen LogP contribution in [-0.2, 0) is 6.42 Å². The number of halogens is 2. The summed E-state index contributed by atoms with van der Waals surface area (Å²) in [6, 6.07) is 7.48. The summed E-state index contributed by atoms with van der Waals surface area (Å²) in [6.07, 6.45) is 0.769. The molecule has 17 heavy (non-hydrogen) atoms. The third-order valence-corrected chi connectivity index (χ3v) is 4.34. The van der Waals surface area contributed by atoms with Gasteiger partial charge in [0, 0.05) is 6.04 Å². The molecule has 0 saturated carbocycles. The van der Waals surface area contributed by atoms with Crippen molar-refractivity contribution in [2.24, 2.45) is 0 Å². The summed E-state index contributed by atoms with van der Waals surface area (Å²) in [4.78, 5) is 0. The molecule has 0 bridgehead atoms. The maximum atomic E-state index is 13.4. The number of hydrogen-bond donors (Lipinski definition) is 1. The van der Waals surface area contributed by atoms with E-state index in [0.29, 0.717) is 4.47 Å². The fourth-order valence-corrected chi connectivity index (χ4v) is 2.93. The molecule has 0 amide bonds. The van der Waals surface area contributed by atoms with Crippen LogP contribution in [0.25, 0.3) is 0 Å². The van der Waals surface area contributed by atoms with Gasteiger partial charge in [0.25, 0.3) is 0 Å². The van der Waals surface area contributed by atoms with Gasteiger partial charge in [-0.15, -0.1) is 0 Å². The standard InChI is InChI=1S/C13H13BrFNS/c1-16-12(10-5-6-17-8-10)7-9-3-2-4-11(15)13(9)14/h2-6,8,12,16H,7H2,1H3. The van der Waals surface area contributed by atoms with E-state index in [1.807, 2.05) is 13.1 Å². The van der Waals surface area contributed by atoms with Crippen LogP contribution in [0, 0.1) is 5.82 Å². The zero-order valence-corrected chi connectivity index (χ0v) is 11.8. The van der Waals surface area contributed by atoms with E-state index in [4.69, 9.17) is 0 Å². The topological polar surface area (TPSA) is 12.0 Å². The Kier molecular flexibility index (Phi) is 4.31. The molecule has 0 spiro atoms. The fourth-order valence-electron chi connectivity index (χ4n) is 1.79. The smallest absolute Gasteiger partial charge is 0.137 e. The molecule has 2 aromatic rings. The second-order valence-electron chi connectivity index (χ2n) is 3.82. The zero-order chi connectivity index (χ0) is 12.3. The molecule has 1 heterocycles. The van der Waals surface area contributed by atoms with Gasteiger partial charge in [-0.05, 0) is 63.4 Å². The van der Waals surface area contributed by atoms with Gasteiger partial charge in [-0.3, -0.25) is 0 Å². The maximum absolute atomic E-state index is 13.4. The SMILES string of the molecule is CNC(Cc1cccc(F)c1Br)c1ccsc1. The van der Waals surface area contributed by atoms with Crippen molar-refractivity contribution in [3.05, 3.63) is 56.4 Å². The highest BCUT2D eigenvalue weighted by Gasteiger charge is 2.13. The lowest BCUT2D eigenvalue weighted by Crippen LogP contribution is -2.18. The van der Waals surface area contributed by atoms with Crippen LogP contribution in [0.15, 0.2) is 39.5 Å². The van der Waals surface area contributed by atoms with Crippen LogP contribution in [0.2, 0.25) is 0 Å². The predicted molar refractivity (Wildman–Crippen MR) is 73.9 cm³/mol. The summed E-state index contributed by atoms with van der Waals surface area (Å²) in [5, 5.41) is 7.44. The Morgan fingerprint density at radius 2 is 2.24 bits per heavy atom. The van der Waals surface area contributed by atoms with Gasteiger partial charge in [0.15, 0.2) is 0 Å². The lowest BCUT2D eigenvalue weighted by atomic mass is 10.0. The van der Waals surface area contributed by atoms with Crippen LogP contribution in [0.1, 0.15) is 17.2 Å². The lowest BCUT2D eigenvalue weighted by molar-refractivity contribution is 0.581. The van der Waals surface area contributed by atoms with Crippen LogP contribution in [-0.4, -0.2) is 7.05 Å². The maximum Gasteiger partial charge on any atom is 0.137 e. The molecule has 1 nitrogen and oxygen atoms in total. The molecule has 1 atom stereocenters. The van der Waals surface area contributed by atoms with E-state index in [2.05, 4.69) is 38.1 Å². The van der Waals surface area contributed by atoms with Gasteiger partial charge in [0.2, 0.25) is 0 Å². The Balaban J connectivity index is 2.22. The van der Waals surface area contributed by atoms with E-state index in [0.717, 1.165) is 12.0 Å². The molecule has 4 heteroatoms. The highest BCUT2D eigenvalue weighted by Crippen LogP contribution is 2.26. The first-order valence-electron chi connectivity index (χ1n) is 5.34.